The van der Waals surface area contributed by atoms with E-state index in [1.54, 1.807) is 18.3 Å². The van der Waals surface area contributed by atoms with Gasteiger partial charge >= 0.3 is 0 Å². The Morgan fingerprint density at radius 2 is 2.28 bits per heavy atom. The third kappa shape index (κ3) is 3.45. The first-order chi connectivity index (χ1) is 8.66. The van der Waals surface area contributed by atoms with Crippen molar-refractivity contribution >= 4 is 17.5 Å². The Hall–Kier alpha value is -1.09. The largest absolute Gasteiger partial charge is 0.352 e. The van der Waals surface area contributed by atoms with Crippen LogP contribution >= 0.6 is 11.6 Å². The molecule has 2 rings (SSSR count). The average molecular weight is 267 g/mol. The molecule has 4 heteroatoms. The van der Waals surface area contributed by atoms with E-state index in [9.17, 15) is 4.79 Å². The van der Waals surface area contributed by atoms with Gasteiger partial charge in [0.1, 0.15) is 0 Å². The molecule has 0 aromatic carbocycles. The lowest BCUT2D eigenvalue weighted by atomic mass is 9.88. The Bertz CT molecular complexity index is 422. The second-order valence-corrected chi connectivity index (χ2v) is 5.52. The number of alkyl halides is 1. The van der Waals surface area contributed by atoms with E-state index in [1.165, 1.54) is 12.8 Å². The molecule has 1 heterocycles. The van der Waals surface area contributed by atoms with Crippen LogP contribution in [0.2, 0.25) is 0 Å². The minimum Gasteiger partial charge on any atom is -0.352 e. The smallest absolute Gasteiger partial charge is 0.251 e. The fourth-order valence-electron chi connectivity index (χ4n) is 2.41. The number of carbonyl (C=O) groups is 1. The van der Waals surface area contributed by atoms with Gasteiger partial charge in [0.15, 0.2) is 0 Å². The number of aryl methyl sites for hydroxylation is 1. The molecular formula is C14H19ClN2O. The zero-order valence-corrected chi connectivity index (χ0v) is 11.4. The van der Waals surface area contributed by atoms with Crippen molar-refractivity contribution in [2.75, 3.05) is 6.54 Å². The lowest BCUT2D eigenvalue weighted by Gasteiger charge is -2.27. The van der Waals surface area contributed by atoms with Crippen LogP contribution < -0.4 is 5.32 Å². The highest BCUT2D eigenvalue weighted by Crippen LogP contribution is 2.28. The summed E-state index contributed by atoms with van der Waals surface area (Å²) in [6, 6.07) is 3.54. The lowest BCUT2D eigenvalue weighted by molar-refractivity contribution is 0.0944. The number of nitrogens with one attached hydrogen (secondary N) is 1. The molecule has 0 spiro atoms. The summed E-state index contributed by atoms with van der Waals surface area (Å²) < 4.78 is 0. The van der Waals surface area contributed by atoms with Gasteiger partial charge < -0.3 is 5.32 Å². The number of nitrogens with zero attached hydrogens (tertiary/aromatic N) is 1. The van der Waals surface area contributed by atoms with Gasteiger partial charge in [-0.15, -0.1) is 11.6 Å². The van der Waals surface area contributed by atoms with Crippen molar-refractivity contribution in [1.29, 1.82) is 0 Å². The standard InChI is InChI=1S/C14H19ClN2O/c1-10-8-11(6-7-16-10)14(18)17-9-12-4-2-3-5-13(12)15/h6-8,12-13H,2-5,9H2,1H3,(H,17,18). The van der Waals surface area contributed by atoms with Crippen LogP contribution in [-0.2, 0) is 0 Å². The fraction of sp³-hybridized carbons (Fsp3) is 0.571. The van der Waals surface area contributed by atoms with Gasteiger partial charge in [0.05, 0.1) is 0 Å². The second-order valence-electron chi connectivity index (χ2n) is 4.96. The molecule has 1 fully saturated rings. The topological polar surface area (TPSA) is 42.0 Å². The molecule has 3 nitrogen and oxygen atoms in total. The third-order valence-corrected chi connectivity index (χ3v) is 4.07. The number of amides is 1. The van der Waals surface area contributed by atoms with E-state index in [2.05, 4.69) is 10.3 Å². The predicted octanol–water partition coefficient (Wildman–Crippen LogP) is 2.92. The van der Waals surface area contributed by atoms with Gasteiger partial charge in [-0.2, -0.15) is 0 Å². The summed E-state index contributed by atoms with van der Waals surface area (Å²) in [4.78, 5) is 16.0. The summed E-state index contributed by atoms with van der Waals surface area (Å²) >= 11 is 6.28. The van der Waals surface area contributed by atoms with E-state index in [0.29, 0.717) is 18.0 Å². The second kappa shape index (κ2) is 6.19. The molecule has 18 heavy (non-hydrogen) atoms. The lowest BCUT2D eigenvalue weighted by Crippen LogP contribution is -2.34. The van der Waals surface area contributed by atoms with Crippen LogP contribution in [0.25, 0.3) is 0 Å². The van der Waals surface area contributed by atoms with E-state index in [4.69, 9.17) is 11.6 Å². The van der Waals surface area contributed by atoms with Crippen molar-refractivity contribution in [3.8, 4) is 0 Å². The van der Waals surface area contributed by atoms with Gasteiger partial charge in [-0.3, -0.25) is 9.78 Å². The van der Waals surface area contributed by atoms with Crippen LogP contribution in [0.3, 0.4) is 0 Å². The molecule has 1 amide bonds. The van der Waals surface area contributed by atoms with Crippen LogP contribution in [0, 0.1) is 12.8 Å². The summed E-state index contributed by atoms with van der Waals surface area (Å²) in [5.74, 6) is 0.377. The summed E-state index contributed by atoms with van der Waals surface area (Å²) in [5.41, 5.74) is 1.53. The molecule has 98 valence electrons. The normalized spacial score (nSPS) is 23.7. The highest BCUT2D eigenvalue weighted by Gasteiger charge is 2.23. The highest BCUT2D eigenvalue weighted by molar-refractivity contribution is 6.20. The Kier molecular flexibility index (Phi) is 4.59. The number of hydrogen-bond acceptors (Lipinski definition) is 2. The predicted molar refractivity (Wildman–Crippen MR) is 72.9 cm³/mol. The molecule has 0 aliphatic heterocycles. The van der Waals surface area contributed by atoms with Crippen molar-refractivity contribution in [3.63, 3.8) is 0 Å². The van der Waals surface area contributed by atoms with Gasteiger partial charge in [0, 0.05) is 29.4 Å². The Morgan fingerprint density at radius 1 is 1.50 bits per heavy atom. The molecule has 0 saturated heterocycles. The summed E-state index contributed by atoms with van der Waals surface area (Å²) in [6.45, 7) is 2.56. The maximum atomic E-state index is 12.0. The van der Waals surface area contributed by atoms with Crippen LogP contribution in [0.4, 0.5) is 0 Å². The molecule has 1 saturated carbocycles. The maximum Gasteiger partial charge on any atom is 0.251 e. The quantitative estimate of drug-likeness (QED) is 0.855. The first-order valence-electron chi connectivity index (χ1n) is 6.52. The summed E-state index contributed by atoms with van der Waals surface area (Å²) in [6.07, 6.45) is 6.27. The van der Waals surface area contributed by atoms with Crippen molar-refractivity contribution in [1.82, 2.24) is 10.3 Å². The summed E-state index contributed by atoms with van der Waals surface area (Å²) in [7, 11) is 0. The zero-order chi connectivity index (χ0) is 13.0. The Balaban J connectivity index is 1.88. The van der Waals surface area contributed by atoms with Crippen LogP contribution in [0.1, 0.15) is 41.7 Å². The maximum absolute atomic E-state index is 12.0. The molecule has 1 N–H and O–H groups in total. The van der Waals surface area contributed by atoms with Crippen LogP contribution in [-0.4, -0.2) is 22.8 Å². The number of rotatable bonds is 3. The molecule has 1 aromatic rings. The molecule has 2 atom stereocenters. The first kappa shape index (κ1) is 13.3. The molecule has 1 aromatic heterocycles. The number of carbonyl (C=O) groups excluding carboxylic acids is 1. The Morgan fingerprint density at radius 3 is 3.00 bits per heavy atom. The zero-order valence-electron chi connectivity index (χ0n) is 10.7. The highest BCUT2D eigenvalue weighted by atomic mass is 35.5. The summed E-state index contributed by atoms with van der Waals surface area (Å²) in [5, 5.41) is 3.18. The Labute approximate surface area is 113 Å². The van der Waals surface area contributed by atoms with Gasteiger partial charge in [-0.1, -0.05) is 12.8 Å². The van der Waals surface area contributed by atoms with Gasteiger partial charge in [0.2, 0.25) is 0 Å². The van der Waals surface area contributed by atoms with E-state index >= 15 is 0 Å². The monoisotopic (exact) mass is 266 g/mol. The van der Waals surface area contributed by atoms with Gasteiger partial charge in [0.25, 0.3) is 5.91 Å². The van der Waals surface area contributed by atoms with Crippen molar-refractivity contribution < 1.29 is 4.79 Å². The number of hydrogen-bond donors (Lipinski definition) is 1. The minimum atomic E-state index is -0.0325. The third-order valence-electron chi connectivity index (χ3n) is 3.50. The molecule has 1 aliphatic carbocycles. The molecule has 0 bridgehead atoms. The van der Waals surface area contributed by atoms with E-state index < -0.39 is 0 Å². The van der Waals surface area contributed by atoms with E-state index in [1.807, 2.05) is 6.92 Å². The molecule has 0 radical (unpaired) electrons. The average Bonchev–Trinajstić information content (AvgIpc) is 2.37. The molecular weight excluding hydrogens is 248 g/mol. The molecule has 2 unspecified atom stereocenters. The van der Waals surface area contributed by atoms with Crippen molar-refractivity contribution in [3.05, 3.63) is 29.6 Å². The fourth-order valence-corrected chi connectivity index (χ4v) is 2.77. The van der Waals surface area contributed by atoms with Gasteiger partial charge in [-0.25, -0.2) is 0 Å². The van der Waals surface area contributed by atoms with E-state index in [0.717, 1.165) is 18.5 Å². The molecule has 1 aliphatic rings. The number of aromatic nitrogens is 1. The van der Waals surface area contributed by atoms with Crippen LogP contribution in [0.15, 0.2) is 18.3 Å². The van der Waals surface area contributed by atoms with Crippen molar-refractivity contribution in [2.24, 2.45) is 5.92 Å². The van der Waals surface area contributed by atoms with Gasteiger partial charge in [-0.05, 0) is 37.8 Å². The SMILES string of the molecule is Cc1cc(C(=O)NCC2CCCCC2Cl)ccn1. The minimum absolute atomic E-state index is 0.0325. The first-order valence-corrected chi connectivity index (χ1v) is 6.95. The van der Waals surface area contributed by atoms with Crippen LogP contribution in [0.5, 0.6) is 0 Å². The van der Waals surface area contributed by atoms with Crippen molar-refractivity contribution in [2.45, 2.75) is 38.0 Å². The number of pyridine rings is 1. The van der Waals surface area contributed by atoms with E-state index in [-0.39, 0.29) is 11.3 Å². The number of halogens is 1.